The minimum Gasteiger partial charge on any atom is -0.445 e. The smallest absolute Gasteiger partial charge is 0.287 e. The van der Waals surface area contributed by atoms with Gasteiger partial charge in [-0.2, -0.15) is 10.1 Å². The van der Waals surface area contributed by atoms with Crippen molar-refractivity contribution < 1.29 is 18.7 Å². The van der Waals surface area contributed by atoms with Crippen molar-refractivity contribution in [1.29, 1.82) is 0 Å². The first-order valence-corrected chi connectivity index (χ1v) is 11.5. The average molecular weight is 465 g/mol. The number of morpholine rings is 1. The lowest BCUT2D eigenvalue weighted by molar-refractivity contribution is 0.0684. The Morgan fingerprint density at radius 1 is 1.12 bits per heavy atom. The van der Waals surface area contributed by atoms with E-state index in [9.17, 15) is 4.79 Å². The Bertz CT molecular complexity index is 1180. The van der Waals surface area contributed by atoms with Crippen molar-refractivity contribution in [1.82, 2.24) is 15.3 Å². The first kappa shape index (κ1) is 22.3. The highest BCUT2D eigenvalue weighted by molar-refractivity contribution is 5.97. The van der Waals surface area contributed by atoms with Crippen molar-refractivity contribution in [3.05, 3.63) is 47.2 Å². The van der Waals surface area contributed by atoms with Crippen LogP contribution in [0.2, 0.25) is 0 Å². The lowest BCUT2D eigenvalue weighted by Gasteiger charge is -2.27. The van der Waals surface area contributed by atoms with Gasteiger partial charge in [0.15, 0.2) is 17.2 Å². The van der Waals surface area contributed by atoms with Gasteiger partial charge in [0.2, 0.25) is 5.95 Å². The van der Waals surface area contributed by atoms with Gasteiger partial charge in [0.25, 0.3) is 5.91 Å². The van der Waals surface area contributed by atoms with E-state index in [1.165, 1.54) is 0 Å². The predicted molar refractivity (Wildman–Crippen MR) is 129 cm³/mol. The monoisotopic (exact) mass is 464 g/mol. The number of nitrogens with one attached hydrogen (secondary N) is 2. The molecule has 1 amide bonds. The minimum absolute atomic E-state index is 0.0763. The highest BCUT2D eigenvalue weighted by atomic mass is 16.5. The molecule has 10 nitrogen and oxygen atoms in total. The van der Waals surface area contributed by atoms with Crippen LogP contribution in [0.3, 0.4) is 0 Å². The highest BCUT2D eigenvalue weighted by Gasteiger charge is 2.24. The Balaban J connectivity index is 1.41. The van der Waals surface area contributed by atoms with Crippen molar-refractivity contribution in [3.63, 3.8) is 0 Å². The number of fused-ring (bicyclic) bond motifs is 1. The van der Waals surface area contributed by atoms with Crippen LogP contribution in [-0.2, 0) is 9.47 Å². The van der Waals surface area contributed by atoms with Crippen LogP contribution in [0.1, 0.15) is 34.5 Å². The van der Waals surface area contributed by atoms with Gasteiger partial charge in [-0.3, -0.25) is 4.79 Å². The fourth-order valence-corrected chi connectivity index (χ4v) is 4.08. The largest absolute Gasteiger partial charge is 0.445 e. The van der Waals surface area contributed by atoms with Gasteiger partial charge in [-0.1, -0.05) is 29.8 Å². The third-order valence-electron chi connectivity index (χ3n) is 5.86. The molecule has 3 aromatic rings. The van der Waals surface area contributed by atoms with Crippen LogP contribution in [0.5, 0.6) is 0 Å². The van der Waals surface area contributed by atoms with Crippen molar-refractivity contribution in [3.8, 4) is 0 Å². The molecule has 0 aliphatic carbocycles. The van der Waals surface area contributed by atoms with Gasteiger partial charge in [0.1, 0.15) is 5.52 Å². The van der Waals surface area contributed by atoms with Crippen molar-refractivity contribution in [2.45, 2.75) is 25.8 Å². The number of anilines is 2. The molecule has 0 bridgehead atoms. The molecular formula is C24H28N6O4. The number of carbonyl (C=O) groups excluding carboxylic acids is 1. The summed E-state index contributed by atoms with van der Waals surface area (Å²) >= 11 is 0. The first-order chi connectivity index (χ1) is 16.7. The molecule has 0 radical (unpaired) electrons. The van der Waals surface area contributed by atoms with Gasteiger partial charge < -0.3 is 24.1 Å². The van der Waals surface area contributed by atoms with Crippen LogP contribution in [0.25, 0.3) is 11.1 Å². The molecule has 0 saturated carbocycles. The Kier molecular flexibility index (Phi) is 6.68. The fraction of sp³-hybridized carbons (Fsp3) is 0.417. The number of hydrogen-bond acceptors (Lipinski definition) is 9. The third-order valence-corrected chi connectivity index (χ3v) is 5.86. The summed E-state index contributed by atoms with van der Waals surface area (Å²) in [5.41, 5.74) is 6.07. The molecule has 2 aromatic heterocycles. The second-order valence-electron chi connectivity index (χ2n) is 8.44. The molecule has 2 saturated heterocycles. The first-order valence-electron chi connectivity index (χ1n) is 11.5. The van der Waals surface area contributed by atoms with E-state index in [0.29, 0.717) is 62.4 Å². The average Bonchev–Trinajstić information content (AvgIpc) is 3.29. The minimum atomic E-state index is -0.259. The molecule has 2 aliphatic rings. The SMILES string of the molecule is Cc1cccc(/C=N/Nc2nc(N3CCOCC3)c3oc(C(=O)NC4CCOCC4)cc3n2)c1. The summed E-state index contributed by atoms with van der Waals surface area (Å²) in [6.07, 6.45) is 3.30. The maximum atomic E-state index is 12.8. The van der Waals surface area contributed by atoms with Crippen LogP contribution >= 0.6 is 0 Å². The molecule has 2 fully saturated rings. The lowest BCUT2D eigenvalue weighted by atomic mass is 10.1. The molecule has 0 atom stereocenters. The Hall–Kier alpha value is -3.50. The van der Waals surface area contributed by atoms with Crippen molar-refractivity contribution >= 4 is 35.0 Å². The molecule has 0 spiro atoms. The van der Waals surface area contributed by atoms with Crippen LogP contribution in [0.4, 0.5) is 11.8 Å². The third kappa shape index (κ3) is 5.18. The van der Waals surface area contributed by atoms with Crippen molar-refractivity contribution in [2.24, 2.45) is 5.10 Å². The summed E-state index contributed by atoms with van der Waals surface area (Å²) in [6.45, 7) is 5.86. The molecule has 2 aliphatic heterocycles. The topological polar surface area (TPSA) is 114 Å². The normalized spacial score (nSPS) is 17.4. The quantitative estimate of drug-likeness (QED) is 0.423. The van der Waals surface area contributed by atoms with Gasteiger partial charge in [-0.25, -0.2) is 10.4 Å². The van der Waals surface area contributed by atoms with E-state index in [4.69, 9.17) is 13.9 Å². The van der Waals surface area contributed by atoms with Crippen LogP contribution in [-0.4, -0.2) is 67.6 Å². The molecule has 0 unspecified atom stereocenters. The number of nitrogens with zero attached hydrogens (tertiary/aromatic N) is 4. The molecule has 5 rings (SSSR count). The number of aromatic nitrogens is 2. The molecule has 1 aromatic carbocycles. The predicted octanol–water partition coefficient (Wildman–Crippen LogP) is 2.72. The van der Waals surface area contributed by atoms with Gasteiger partial charge in [0, 0.05) is 38.4 Å². The molecule has 34 heavy (non-hydrogen) atoms. The zero-order valence-electron chi connectivity index (χ0n) is 19.1. The Morgan fingerprint density at radius 2 is 1.91 bits per heavy atom. The number of carbonyl (C=O) groups is 1. The summed E-state index contributed by atoms with van der Waals surface area (Å²) in [6, 6.07) is 9.76. The van der Waals surface area contributed by atoms with E-state index in [2.05, 4.69) is 30.7 Å². The van der Waals surface area contributed by atoms with Crippen molar-refractivity contribution in [2.75, 3.05) is 49.8 Å². The number of rotatable bonds is 6. The number of ether oxygens (including phenoxy) is 2. The van der Waals surface area contributed by atoms with E-state index in [1.54, 1.807) is 12.3 Å². The standard InChI is InChI=1S/C24H28N6O4/c1-16-3-2-4-17(13-16)15-25-29-24-27-19-14-20(23(31)26-18-5-9-32-10-6-18)34-21(19)22(28-24)30-7-11-33-12-8-30/h2-4,13-15,18H,5-12H2,1H3,(H,26,31)(H,27,28,29)/b25-15+. The van der Waals surface area contributed by atoms with E-state index in [0.717, 1.165) is 24.0 Å². The van der Waals surface area contributed by atoms with Crippen LogP contribution in [0.15, 0.2) is 39.9 Å². The molecule has 10 heteroatoms. The molecule has 2 N–H and O–H groups in total. The summed E-state index contributed by atoms with van der Waals surface area (Å²) in [5, 5.41) is 7.33. The number of hydrogen-bond donors (Lipinski definition) is 2. The number of hydrazone groups is 1. The zero-order chi connectivity index (χ0) is 23.3. The lowest BCUT2D eigenvalue weighted by Crippen LogP contribution is -2.38. The Labute approximate surface area is 197 Å². The second-order valence-corrected chi connectivity index (χ2v) is 8.44. The summed E-state index contributed by atoms with van der Waals surface area (Å²) < 4.78 is 16.8. The molecule has 178 valence electrons. The maximum absolute atomic E-state index is 12.8. The summed E-state index contributed by atoms with van der Waals surface area (Å²) in [5.74, 6) is 0.900. The highest BCUT2D eigenvalue weighted by Crippen LogP contribution is 2.29. The second kappa shape index (κ2) is 10.2. The Morgan fingerprint density at radius 3 is 2.71 bits per heavy atom. The summed E-state index contributed by atoms with van der Waals surface area (Å²) in [4.78, 5) is 24.1. The van der Waals surface area contributed by atoms with Gasteiger partial charge in [-0.05, 0) is 25.3 Å². The fourth-order valence-electron chi connectivity index (χ4n) is 4.08. The number of aryl methyl sites for hydroxylation is 1. The van der Waals surface area contributed by atoms with Crippen LogP contribution < -0.4 is 15.6 Å². The van der Waals surface area contributed by atoms with E-state index in [-0.39, 0.29) is 17.7 Å². The number of furan rings is 1. The van der Waals surface area contributed by atoms with Gasteiger partial charge >= 0.3 is 0 Å². The van der Waals surface area contributed by atoms with E-state index >= 15 is 0 Å². The number of benzene rings is 1. The number of amides is 1. The van der Waals surface area contributed by atoms with E-state index in [1.807, 2.05) is 31.2 Å². The summed E-state index contributed by atoms with van der Waals surface area (Å²) in [7, 11) is 0. The van der Waals surface area contributed by atoms with Gasteiger partial charge in [0.05, 0.1) is 19.4 Å². The van der Waals surface area contributed by atoms with Gasteiger partial charge in [-0.15, -0.1) is 0 Å². The van der Waals surface area contributed by atoms with Crippen LogP contribution in [0, 0.1) is 6.92 Å². The zero-order valence-corrected chi connectivity index (χ0v) is 19.1. The molecule has 4 heterocycles. The van der Waals surface area contributed by atoms with E-state index < -0.39 is 0 Å². The molecular weight excluding hydrogens is 436 g/mol. The maximum Gasteiger partial charge on any atom is 0.287 e.